The molecule has 0 saturated heterocycles. The molecule has 0 bridgehead atoms. The van der Waals surface area contributed by atoms with Crippen LogP contribution in [0.1, 0.15) is 12.5 Å². The highest BCUT2D eigenvalue weighted by molar-refractivity contribution is 5.71. The number of hydrogen-bond donors (Lipinski definition) is 2. The first-order valence-corrected chi connectivity index (χ1v) is 4.98. The van der Waals surface area contributed by atoms with Gasteiger partial charge >= 0.3 is 0 Å². The number of nitrogens with one attached hydrogen (secondary N) is 2. The number of rotatable bonds is 6. The molecule has 16 heavy (non-hydrogen) atoms. The second-order valence-corrected chi connectivity index (χ2v) is 3.25. The van der Waals surface area contributed by atoms with E-state index in [1.165, 1.54) is 6.34 Å². The summed E-state index contributed by atoms with van der Waals surface area (Å²) in [5, 5.41) is 9.82. The molecule has 0 unspecified atom stereocenters. The van der Waals surface area contributed by atoms with E-state index >= 15 is 0 Å². The number of carbonyl (C=O) groups excluding carboxylic acids is 1. The third kappa shape index (κ3) is 3.57. The number of nitrogens with zero attached hydrogens (tertiary/aromatic N) is 1. The summed E-state index contributed by atoms with van der Waals surface area (Å²) < 4.78 is 0. The van der Waals surface area contributed by atoms with E-state index in [9.17, 15) is 4.79 Å². The molecule has 2 N–H and O–H groups in total. The Morgan fingerprint density at radius 1 is 1.50 bits per heavy atom. The van der Waals surface area contributed by atoms with Gasteiger partial charge in [0.15, 0.2) is 0 Å². The van der Waals surface area contributed by atoms with Crippen LogP contribution in [0.5, 0.6) is 0 Å². The van der Waals surface area contributed by atoms with Crippen LogP contribution in [0.3, 0.4) is 0 Å². The maximum atomic E-state index is 10.3. The predicted molar refractivity (Wildman–Crippen MR) is 65.3 cm³/mol. The van der Waals surface area contributed by atoms with Gasteiger partial charge in [-0.05, 0) is 24.6 Å². The molecule has 0 aromatic heterocycles. The van der Waals surface area contributed by atoms with Gasteiger partial charge in [-0.2, -0.15) is 0 Å². The fraction of sp³-hybridized carbons (Fsp3) is 0.167. The molecule has 0 aliphatic heterocycles. The Hall–Kier alpha value is -2.10. The molecule has 84 valence electrons. The molecule has 4 heteroatoms. The Balaban J connectivity index is 2.75. The highest BCUT2D eigenvalue weighted by Gasteiger charge is 1.98. The fourth-order valence-corrected chi connectivity index (χ4v) is 1.37. The maximum absolute atomic E-state index is 10.3. The van der Waals surface area contributed by atoms with E-state index in [1.807, 2.05) is 43.5 Å². The van der Waals surface area contributed by atoms with Crippen LogP contribution in [-0.4, -0.2) is 17.6 Å². The smallest absolute Gasteiger partial charge is 0.211 e. The lowest BCUT2D eigenvalue weighted by molar-refractivity contribution is -0.105. The molecular weight excluding hydrogens is 202 g/mol. The number of amides is 1. The fourth-order valence-electron chi connectivity index (χ4n) is 1.37. The SMILES string of the molecule is C/C=C/N(C=N)Cc1cccc(NC=O)c1. The van der Waals surface area contributed by atoms with Gasteiger partial charge in [-0.25, -0.2) is 0 Å². The van der Waals surface area contributed by atoms with Crippen molar-refractivity contribution in [2.75, 3.05) is 5.32 Å². The quantitative estimate of drug-likeness (QED) is 0.436. The summed E-state index contributed by atoms with van der Waals surface area (Å²) in [6, 6.07) is 7.53. The van der Waals surface area contributed by atoms with Crippen LogP contribution in [0.2, 0.25) is 0 Å². The van der Waals surface area contributed by atoms with Gasteiger partial charge in [0.05, 0.1) is 6.34 Å². The van der Waals surface area contributed by atoms with Crippen molar-refractivity contribution in [3.05, 3.63) is 42.1 Å². The minimum Gasteiger partial charge on any atom is -0.335 e. The average Bonchev–Trinajstić information content (AvgIpc) is 2.29. The summed E-state index contributed by atoms with van der Waals surface area (Å²) in [5.41, 5.74) is 1.80. The lowest BCUT2D eigenvalue weighted by Crippen LogP contribution is -2.13. The summed E-state index contributed by atoms with van der Waals surface area (Å²) >= 11 is 0. The van der Waals surface area contributed by atoms with Gasteiger partial charge in [0, 0.05) is 18.4 Å². The van der Waals surface area contributed by atoms with Crippen molar-refractivity contribution >= 4 is 18.4 Å². The summed E-state index contributed by atoms with van der Waals surface area (Å²) in [5.74, 6) is 0. The van der Waals surface area contributed by atoms with Gasteiger partial charge in [0.2, 0.25) is 6.41 Å². The van der Waals surface area contributed by atoms with Gasteiger partial charge in [-0.15, -0.1) is 0 Å². The molecule has 0 aliphatic carbocycles. The average molecular weight is 217 g/mol. The van der Waals surface area contributed by atoms with E-state index < -0.39 is 0 Å². The van der Waals surface area contributed by atoms with Crippen LogP contribution in [0.15, 0.2) is 36.5 Å². The van der Waals surface area contributed by atoms with E-state index in [0.29, 0.717) is 13.0 Å². The highest BCUT2D eigenvalue weighted by atomic mass is 16.1. The Labute approximate surface area is 95.1 Å². The number of allylic oxidation sites excluding steroid dienone is 1. The van der Waals surface area contributed by atoms with Gasteiger partial charge in [0.25, 0.3) is 0 Å². The molecule has 0 fully saturated rings. The Morgan fingerprint density at radius 2 is 2.31 bits per heavy atom. The number of hydrogen-bond acceptors (Lipinski definition) is 2. The molecule has 1 aromatic carbocycles. The molecule has 0 heterocycles. The monoisotopic (exact) mass is 217 g/mol. The van der Waals surface area contributed by atoms with E-state index in [-0.39, 0.29) is 0 Å². The molecule has 4 nitrogen and oxygen atoms in total. The standard InChI is InChI=1S/C12H15N3O/c1-2-6-15(9-13)8-11-4-3-5-12(7-11)14-10-16/h2-7,9-10,13H,8H2,1H3,(H,14,16)/b6-2+,13-9?. The summed E-state index contributed by atoms with van der Waals surface area (Å²) in [6.07, 6.45) is 5.62. The Kier molecular flexibility index (Phi) is 4.79. The number of benzene rings is 1. The van der Waals surface area contributed by atoms with Crippen LogP contribution >= 0.6 is 0 Å². The number of anilines is 1. The van der Waals surface area contributed by atoms with E-state index in [0.717, 1.165) is 11.3 Å². The lowest BCUT2D eigenvalue weighted by atomic mass is 10.2. The molecule has 0 radical (unpaired) electrons. The van der Waals surface area contributed by atoms with Crippen LogP contribution in [-0.2, 0) is 11.3 Å². The number of carbonyl (C=O) groups is 1. The summed E-state index contributed by atoms with van der Waals surface area (Å²) in [6.45, 7) is 2.52. The second-order valence-electron chi connectivity index (χ2n) is 3.25. The van der Waals surface area contributed by atoms with Crippen molar-refractivity contribution in [2.45, 2.75) is 13.5 Å². The lowest BCUT2D eigenvalue weighted by Gasteiger charge is -2.14. The molecular formula is C12H15N3O. The zero-order valence-corrected chi connectivity index (χ0v) is 9.18. The molecule has 0 spiro atoms. The highest BCUT2D eigenvalue weighted by Crippen LogP contribution is 2.11. The Bertz CT molecular complexity index is 388. The van der Waals surface area contributed by atoms with Gasteiger partial charge in [0.1, 0.15) is 0 Å². The van der Waals surface area contributed by atoms with Crippen molar-refractivity contribution < 1.29 is 4.79 Å². The van der Waals surface area contributed by atoms with Crippen molar-refractivity contribution in [2.24, 2.45) is 0 Å². The first-order valence-electron chi connectivity index (χ1n) is 4.98. The van der Waals surface area contributed by atoms with E-state index in [2.05, 4.69) is 5.32 Å². The van der Waals surface area contributed by atoms with Gasteiger partial charge in [-0.3, -0.25) is 10.2 Å². The van der Waals surface area contributed by atoms with Crippen molar-refractivity contribution in [1.29, 1.82) is 5.41 Å². The van der Waals surface area contributed by atoms with Crippen LogP contribution in [0.4, 0.5) is 5.69 Å². The minimum absolute atomic E-state index is 0.613. The molecule has 1 rings (SSSR count). The van der Waals surface area contributed by atoms with Crippen LogP contribution in [0, 0.1) is 5.41 Å². The predicted octanol–water partition coefficient (Wildman–Crippen LogP) is 2.20. The Morgan fingerprint density at radius 3 is 2.94 bits per heavy atom. The molecule has 1 amide bonds. The van der Waals surface area contributed by atoms with E-state index in [4.69, 9.17) is 5.41 Å². The normalized spacial score (nSPS) is 10.1. The second kappa shape index (κ2) is 6.40. The zero-order chi connectivity index (χ0) is 11.8. The van der Waals surface area contributed by atoms with Crippen LogP contribution < -0.4 is 5.32 Å². The first kappa shape index (κ1) is 12.0. The molecule has 0 aliphatic rings. The molecule has 1 aromatic rings. The van der Waals surface area contributed by atoms with Gasteiger partial charge < -0.3 is 10.2 Å². The van der Waals surface area contributed by atoms with Crippen molar-refractivity contribution in [3.63, 3.8) is 0 Å². The zero-order valence-electron chi connectivity index (χ0n) is 9.18. The molecule has 0 atom stereocenters. The molecule has 0 saturated carbocycles. The van der Waals surface area contributed by atoms with Crippen molar-refractivity contribution in [1.82, 2.24) is 4.90 Å². The maximum Gasteiger partial charge on any atom is 0.211 e. The van der Waals surface area contributed by atoms with Gasteiger partial charge in [-0.1, -0.05) is 18.2 Å². The minimum atomic E-state index is 0.613. The largest absolute Gasteiger partial charge is 0.335 e. The first-order chi connectivity index (χ1) is 7.80. The third-order valence-corrected chi connectivity index (χ3v) is 2.02. The van der Waals surface area contributed by atoms with E-state index in [1.54, 1.807) is 4.90 Å². The summed E-state index contributed by atoms with van der Waals surface area (Å²) in [4.78, 5) is 12.0. The van der Waals surface area contributed by atoms with Crippen molar-refractivity contribution in [3.8, 4) is 0 Å². The summed E-state index contributed by atoms with van der Waals surface area (Å²) in [7, 11) is 0. The van der Waals surface area contributed by atoms with Crippen LogP contribution in [0.25, 0.3) is 0 Å². The topological polar surface area (TPSA) is 56.2 Å². The third-order valence-electron chi connectivity index (χ3n) is 2.02.